The van der Waals surface area contributed by atoms with Gasteiger partial charge in [-0.1, -0.05) is 231 Å². The van der Waals surface area contributed by atoms with Crippen LogP contribution in [-0.4, -0.2) is 0 Å². The van der Waals surface area contributed by atoms with Crippen molar-refractivity contribution >= 4 is 39.0 Å². The van der Waals surface area contributed by atoms with E-state index in [0.717, 1.165) is 61.3 Å². The number of nitrogens with zero attached hydrogens (tertiary/aromatic N) is 1. The lowest BCUT2D eigenvalue weighted by Crippen LogP contribution is -2.10. The van der Waals surface area contributed by atoms with E-state index in [1.54, 1.807) is 0 Å². The molecule has 0 aliphatic heterocycles. The summed E-state index contributed by atoms with van der Waals surface area (Å²) in [5.41, 5.74) is 21.4. The van der Waals surface area contributed by atoms with Crippen LogP contribution in [0.25, 0.3) is 99.8 Å². The van der Waals surface area contributed by atoms with Gasteiger partial charge in [0, 0.05) is 33.4 Å². The second-order valence-electron chi connectivity index (χ2n) is 17.2. The van der Waals surface area contributed by atoms with Gasteiger partial charge < -0.3 is 9.32 Å². The molecule has 0 saturated heterocycles. The quantitative estimate of drug-likeness (QED) is 0.136. The maximum atomic E-state index is 6.54. The average molecular weight is 868 g/mol. The summed E-state index contributed by atoms with van der Waals surface area (Å²) in [6.45, 7) is 0. The Kier molecular flexibility index (Phi) is 10.6. The number of hydrogen-bond donors (Lipinski definition) is 0. The second kappa shape index (κ2) is 17.8. The smallest absolute Gasteiger partial charge is 0.143 e. The molecule has 11 aromatic carbocycles. The molecule has 0 fully saturated rings. The predicted octanol–water partition coefficient (Wildman–Crippen LogP) is 18.7. The minimum Gasteiger partial charge on any atom is -0.455 e. The van der Waals surface area contributed by atoms with Gasteiger partial charge in [0.15, 0.2) is 0 Å². The van der Waals surface area contributed by atoms with Gasteiger partial charge in [-0.05, 0) is 115 Å². The van der Waals surface area contributed by atoms with Crippen molar-refractivity contribution in [1.82, 2.24) is 0 Å². The standard InChI is InChI=1S/C66H45NO/c1-3-17-46(18-4-1)47-33-35-48(36-34-47)49-37-41-53(42-38-49)67(55-22-15-21-52(45-55)58-30-16-31-64-63-29-13-14-32-65(63)68-66(58)64)54-43-39-51(40-44-54)57-24-8-10-26-60(57)62-28-12-11-27-61(62)59-25-9-7-23-56(59)50-19-5-2-6-20-50/h1-45H. The SMILES string of the molecule is c1ccc(-c2ccc(-c3ccc(N(c4ccc(-c5ccccc5-c5ccccc5-c5ccccc5-c5ccccc5)cc4)c4cccc(-c5cccc6c5oc5ccccc56)c4)cc3)cc2)cc1. The first-order valence-corrected chi connectivity index (χ1v) is 23.2. The zero-order valence-electron chi connectivity index (χ0n) is 37.3. The highest BCUT2D eigenvalue weighted by Crippen LogP contribution is 2.44. The molecular formula is C66H45NO. The summed E-state index contributed by atoms with van der Waals surface area (Å²) in [6, 6.07) is 97.9. The maximum Gasteiger partial charge on any atom is 0.143 e. The minimum atomic E-state index is 0.893. The van der Waals surface area contributed by atoms with E-state index in [4.69, 9.17) is 4.42 Å². The second-order valence-corrected chi connectivity index (χ2v) is 17.2. The monoisotopic (exact) mass is 867 g/mol. The van der Waals surface area contributed by atoms with Gasteiger partial charge >= 0.3 is 0 Å². The zero-order valence-corrected chi connectivity index (χ0v) is 37.3. The number of rotatable bonds is 10. The van der Waals surface area contributed by atoms with Crippen LogP contribution < -0.4 is 4.90 Å². The van der Waals surface area contributed by atoms with E-state index < -0.39 is 0 Å². The Hall–Kier alpha value is -8.98. The molecule has 0 atom stereocenters. The number of hydrogen-bond acceptors (Lipinski definition) is 2. The van der Waals surface area contributed by atoms with E-state index in [-0.39, 0.29) is 0 Å². The van der Waals surface area contributed by atoms with E-state index in [1.807, 2.05) is 12.1 Å². The molecule has 0 aliphatic rings. The van der Waals surface area contributed by atoms with E-state index >= 15 is 0 Å². The number of fused-ring (bicyclic) bond motifs is 3. The molecule has 0 saturated carbocycles. The molecule has 320 valence electrons. The van der Waals surface area contributed by atoms with Crippen LogP contribution in [0.1, 0.15) is 0 Å². The molecular weight excluding hydrogens is 823 g/mol. The topological polar surface area (TPSA) is 16.4 Å². The average Bonchev–Trinajstić information content (AvgIpc) is 3.81. The Morgan fingerprint density at radius 2 is 0.588 bits per heavy atom. The summed E-state index contributed by atoms with van der Waals surface area (Å²) in [5, 5.41) is 2.24. The van der Waals surface area contributed by atoms with Crippen molar-refractivity contribution in [2.45, 2.75) is 0 Å². The van der Waals surface area contributed by atoms with Gasteiger partial charge in [0.05, 0.1) is 0 Å². The highest BCUT2D eigenvalue weighted by molar-refractivity contribution is 6.09. The van der Waals surface area contributed by atoms with E-state index in [1.165, 1.54) is 55.6 Å². The molecule has 0 N–H and O–H groups in total. The highest BCUT2D eigenvalue weighted by atomic mass is 16.3. The van der Waals surface area contributed by atoms with Crippen molar-refractivity contribution < 1.29 is 4.42 Å². The van der Waals surface area contributed by atoms with E-state index in [2.05, 4.69) is 266 Å². The molecule has 2 heteroatoms. The fraction of sp³-hybridized carbons (Fsp3) is 0. The minimum absolute atomic E-state index is 0.893. The van der Waals surface area contributed by atoms with Crippen LogP contribution in [0.5, 0.6) is 0 Å². The first kappa shape index (κ1) is 40.5. The molecule has 1 aromatic heterocycles. The van der Waals surface area contributed by atoms with Crippen LogP contribution in [0.3, 0.4) is 0 Å². The Morgan fingerprint density at radius 1 is 0.221 bits per heavy atom. The molecule has 2 nitrogen and oxygen atoms in total. The molecule has 0 aliphatic carbocycles. The maximum absolute atomic E-state index is 6.54. The molecule has 12 rings (SSSR count). The van der Waals surface area contributed by atoms with Crippen molar-refractivity contribution in [3.8, 4) is 77.9 Å². The molecule has 12 aromatic rings. The van der Waals surface area contributed by atoms with Crippen LogP contribution >= 0.6 is 0 Å². The van der Waals surface area contributed by atoms with E-state index in [0.29, 0.717) is 0 Å². The first-order chi connectivity index (χ1) is 33.7. The Bertz CT molecular complexity index is 3700. The first-order valence-electron chi connectivity index (χ1n) is 23.2. The molecule has 0 bridgehead atoms. The Morgan fingerprint density at radius 3 is 1.16 bits per heavy atom. The van der Waals surface area contributed by atoms with Gasteiger partial charge in [0.2, 0.25) is 0 Å². The predicted molar refractivity (Wildman–Crippen MR) is 286 cm³/mol. The van der Waals surface area contributed by atoms with E-state index in [9.17, 15) is 0 Å². The third-order valence-corrected chi connectivity index (χ3v) is 13.2. The fourth-order valence-electron chi connectivity index (χ4n) is 9.82. The van der Waals surface area contributed by atoms with Crippen molar-refractivity contribution in [3.63, 3.8) is 0 Å². The Balaban J connectivity index is 0.937. The van der Waals surface area contributed by atoms with Crippen molar-refractivity contribution in [2.24, 2.45) is 0 Å². The molecule has 0 amide bonds. The van der Waals surface area contributed by atoms with Crippen LogP contribution in [0.4, 0.5) is 17.1 Å². The highest BCUT2D eigenvalue weighted by Gasteiger charge is 2.19. The number of anilines is 3. The number of benzene rings is 11. The summed E-state index contributed by atoms with van der Waals surface area (Å²) < 4.78 is 6.54. The van der Waals surface area contributed by atoms with Crippen molar-refractivity contribution in [1.29, 1.82) is 0 Å². The normalized spacial score (nSPS) is 11.2. The molecule has 0 unspecified atom stereocenters. The van der Waals surface area contributed by atoms with Gasteiger partial charge in [-0.25, -0.2) is 0 Å². The third kappa shape index (κ3) is 7.64. The van der Waals surface area contributed by atoms with Crippen LogP contribution in [0.2, 0.25) is 0 Å². The summed E-state index contributed by atoms with van der Waals surface area (Å²) in [6.07, 6.45) is 0. The molecule has 0 radical (unpaired) electrons. The molecule has 0 spiro atoms. The van der Waals surface area contributed by atoms with Gasteiger partial charge in [0.1, 0.15) is 11.2 Å². The summed E-state index contributed by atoms with van der Waals surface area (Å²) >= 11 is 0. The molecule has 1 heterocycles. The Labute approximate surface area is 397 Å². The van der Waals surface area contributed by atoms with Crippen molar-refractivity contribution in [2.75, 3.05) is 4.90 Å². The van der Waals surface area contributed by atoms with Gasteiger partial charge in [-0.3, -0.25) is 0 Å². The van der Waals surface area contributed by atoms with Crippen molar-refractivity contribution in [3.05, 3.63) is 273 Å². The number of furan rings is 1. The lowest BCUT2D eigenvalue weighted by atomic mass is 9.87. The fourth-order valence-corrected chi connectivity index (χ4v) is 9.82. The lowest BCUT2D eigenvalue weighted by Gasteiger charge is -2.26. The van der Waals surface area contributed by atoms with Gasteiger partial charge in [-0.15, -0.1) is 0 Å². The van der Waals surface area contributed by atoms with Gasteiger partial charge in [0.25, 0.3) is 0 Å². The van der Waals surface area contributed by atoms with Crippen LogP contribution in [-0.2, 0) is 0 Å². The lowest BCUT2D eigenvalue weighted by molar-refractivity contribution is 0.670. The largest absolute Gasteiger partial charge is 0.455 e. The van der Waals surface area contributed by atoms with Crippen LogP contribution in [0, 0.1) is 0 Å². The zero-order chi connectivity index (χ0) is 45.2. The number of para-hydroxylation sites is 2. The van der Waals surface area contributed by atoms with Crippen LogP contribution in [0.15, 0.2) is 277 Å². The third-order valence-electron chi connectivity index (χ3n) is 13.2. The molecule has 68 heavy (non-hydrogen) atoms. The summed E-state index contributed by atoms with van der Waals surface area (Å²) in [7, 11) is 0. The van der Waals surface area contributed by atoms with Gasteiger partial charge in [-0.2, -0.15) is 0 Å². The summed E-state index contributed by atoms with van der Waals surface area (Å²) in [5.74, 6) is 0. The summed E-state index contributed by atoms with van der Waals surface area (Å²) in [4.78, 5) is 2.36.